The van der Waals surface area contributed by atoms with Crippen molar-refractivity contribution in [2.45, 2.75) is 6.54 Å². The average Bonchev–Trinajstić information content (AvgIpc) is 3.11. The Bertz CT molecular complexity index is 834. The zero-order valence-corrected chi connectivity index (χ0v) is 13.9. The number of nitrogens with one attached hydrogen (secondary N) is 2. The zero-order valence-electron chi connectivity index (χ0n) is 12.4. The molecule has 0 fully saturated rings. The topological polar surface area (TPSA) is 71.8 Å². The summed E-state index contributed by atoms with van der Waals surface area (Å²) in [5.41, 5.74) is 1.44. The van der Waals surface area contributed by atoms with Crippen molar-refractivity contribution in [1.82, 2.24) is 19.9 Å². The highest BCUT2D eigenvalue weighted by Crippen LogP contribution is 2.24. The Morgan fingerprint density at radius 2 is 2.04 bits per heavy atom. The van der Waals surface area contributed by atoms with E-state index >= 15 is 0 Å². The number of rotatable bonds is 4. The van der Waals surface area contributed by atoms with Gasteiger partial charge < -0.3 is 10.6 Å². The van der Waals surface area contributed by atoms with E-state index in [1.807, 2.05) is 18.3 Å². The lowest BCUT2D eigenvalue weighted by molar-refractivity contribution is 0.251. The molecule has 24 heavy (non-hydrogen) atoms. The van der Waals surface area contributed by atoms with Crippen LogP contribution in [0.3, 0.4) is 0 Å². The van der Waals surface area contributed by atoms with Gasteiger partial charge in [0.25, 0.3) is 0 Å². The lowest BCUT2D eigenvalue weighted by Gasteiger charge is -2.09. The molecule has 1 aromatic carbocycles. The van der Waals surface area contributed by atoms with Crippen molar-refractivity contribution in [3.8, 4) is 5.82 Å². The number of anilines is 1. The molecule has 0 aliphatic heterocycles. The minimum Gasteiger partial charge on any atom is -0.334 e. The summed E-state index contributed by atoms with van der Waals surface area (Å²) in [5, 5.41) is 6.26. The number of aromatic nitrogens is 3. The highest BCUT2D eigenvalue weighted by atomic mass is 35.5. The van der Waals surface area contributed by atoms with Crippen LogP contribution in [0.25, 0.3) is 5.82 Å². The van der Waals surface area contributed by atoms with Crippen LogP contribution >= 0.6 is 23.2 Å². The van der Waals surface area contributed by atoms with Gasteiger partial charge in [0, 0.05) is 30.8 Å². The minimum atomic E-state index is -0.341. The molecule has 0 radical (unpaired) electrons. The molecule has 0 saturated carbocycles. The lowest BCUT2D eigenvalue weighted by atomic mass is 10.3. The second-order valence-corrected chi connectivity index (χ2v) is 5.75. The molecular weight excluding hydrogens is 349 g/mol. The monoisotopic (exact) mass is 361 g/mol. The van der Waals surface area contributed by atoms with Crippen molar-refractivity contribution >= 4 is 34.9 Å². The standard InChI is InChI=1S/C16H13Cl2N5O/c17-13-3-2-12(7-14(13)18)22-16(24)21-9-11-1-4-15(20-8-11)23-6-5-19-10-23/h1-8,10H,9H2,(H2,21,22,24). The molecule has 2 amide bonds. The molecule has 6 nitrogen and oxygen atoms in total. The van der Waals surface area contributed by atoms with Crippen LogP contribution in [0.2, 0.25) is 10.0 Å². The number of carbonyl (C=O) groups is 1. The third kappa shape index (κ3) is 4.04. The number of carbonyl (C=O) groups excluding carboxylic acids is 1. The maximum Gasteiger partial charge on any atom is 0.319 e. The van der Waals surface area contributed by atoms with E-state index in [1.165, 1.54) is 0 Å². The van der Waals surface area contributed by atoms with Crippen LogP contribution in [0.15, 0.2) is 55.2 Å². The van der Waals surface area contributed by atoms with Crippen molar-refractivity contribution in [1.29, 1.82) is 0 Å². The Labute approximate surface area is 148 Å². The van der Waals surface area contributed by atoms with E-state index in [1.54, 1.807) is 41.5 Å². The smallest absolute Gasteiger partial charge is 0.319 e. The van der Waals surface area contributed by atoms with Gasteiger partial charge in [-0.3, -0.25) is 4.57 Å². The molecule has 0 aliphatic rings. The molecule has 122 valence electrons. The molecule has 0 bridgehead atoms. The number of nitrogens with zero attached hydrogens (tertiary/aromatic N) is 3. The molecule has 8 heteroatoms. The summed E-state index contributed by atoms with van der Waals surface area (Å²) < 4.78 is 1.80. The van der Waals surface area contributed by atoms with Gasteiger partial charge in [-0.1, -0.05) is 29.3 Å². The van der Waals surface area contributed by atoms with Crippen LogP contribution in [0.1, 0.15) is 5.56 Å². The van der Waals surface area contributed by atoms with Crippen molar-refractivity contribution < 1.29 is 4.79 Å². The van der Waals surface area contributed by atoms with Gasteiger partial charge in [-0.05, 0) is 29.8 Å². The highest BCUT2D eigenvalue weighted by Gasteiger charge is 2.05. The molecule has 3 rings (SSSR count). The van der Waals surface area contributed by atoms with Gasteiger partial charge in [-0.15, -0.1) is 0 Å². The van der Waals surface area contributed by atoms with Gasteiger partial charge in [0.1, 0.15) is 12.1 Å². The van der Waals surface area contributed by atoms with Crippen LogP contribution in [-0.2, 0) is 6.54 Å². The molecule has 0 spiro atoms. The second kappa shape index (κ2) is 7.33. The highest BCUT2D eigenvalue weighted by molar-refractivity contribution is 6.42. The first-order valence-electron chi connectivity index (χ1n) is 7.05. The number of pyridine rings is 1. The van der Waals surface area contributed by atoms with Gasteiger partial charge in [0.2, 0.25) is 0 Å². The third-order valence-corrected chi connectivity index (χ3v) is 3.95. The fraction of sp³-hybridized carbons (Fsp3) is 0.0625. The van der Waals surface area contributed by atoms with E-state index in [2.05, 4.69) is 20.6 Å². The summed E-state index contributed by atoms with van der Waals surface area (Å²) in [5.74, 6) is 0.761. The molecule has 3 aromatic rings. The molecule has 0 atom stereocenters. The summed E-state index contributed by atoms with van der Waals surface area (Å²) in [6.45, 7) is 0.352. The molecule has 2 N–H and O–H groups in total. The first-order valence-corrected chi connectivity index (χ1v) is 7.80. The van der Waals surface area contributed by atoms with E-state index in [-0.39, 0.29) is 6.03 Å². The Morgan fingerprint density at radius 1 is 1.17 bits per heavy atom. The first-order chi connectivity index (χ1) is 11.6. The molecular formula is C16H13Cl2N5O. The van der Waals surface area contributed by atoms with Gasteiger partial charge in [-0.2, -0.15) is 0 Å². The number of imidazole rings is 1. The Hall–Kier alpha value is -2.57. The van der Waals surface area contributed by atoms with Gasteiger partial charge >= 0.3 is 6.03 Å². The molecule has 2 aromatic heterocycles. The Balaban J connectivity index is 1.55. The minimum absolute atomic E-state index is 0.341. The van der Waals surface area contributed by atoms with Crippen LogP contribution in [0, 0.1) is 0 Å². The van der Waals surface area contributed by atoms with Gasteiger partial charge in [0.15, 0.2) is 0 Å². The first kappa shape index (κ1) is 16.3. The van der Waals surface area contributed by atoms with E-state index < -0.39 is 0 Å². The SMILES string of the molecule is O=C(NCc1ccc(-n2ccnc2)nc1)Nc1ccc(Cl)c(Cl)c1. The van der Waals surface area contributed by atoms with Gasteiger partial charge in [0.05, 0.1) is 10.0 Å². The second-order valence-electron chi connectivity index (χ2n) is 4.93. The van der Waals surface area contributed by atoms with Crippen LogP contribution in [0.4, 0.5) is 10.5 Å². The van der Waals surface area contributed by atoms with Crippen molar-refractivity contribution in [3.05, 3.63) is 70.9 Å². The van der Waals surface area contributed by atoms with Crippen molar-refractivity contribution in [3.63, 3.8) is 0 Å². The summed E-state index contributed by atoms with van der Waals surface area (Å²) in [6, 6.07) is 8.29. The van der Waals surface area contributed by atoms with E-state index in [9.17, 15) is 4.79 Å². The number of benzene rings is 1. The average molecular weight is 362 g/mol. The normalized spacial score (nSPS) is 10.4. The lowest BCUT2D eigenvalue weighted by Crippen LogP contribution is -2.28. The number of hydrogen-bond donors (Lipinski definition) is 2. The van der Waals surface area contributed by atoms with E-state index in [4.69, 9.17) is 23.2 Å². The predicted octanol–water partition coefficient (Wildman–Crippen LogP) is 3.90. The quantitative estimate of drug-likeness (QED) is 0.740. The third-order valence-electron chi connectivity index (χ3n) is 3.21. The summed E-state index contributed by atoms with van der Waals surface area (Å²) >= 11 is 11.7. The number of halogens is 2. The van der Waals surface area contributed by atoms with Crippen LogP contribution < -0.4 is 10.6 Å². The molecule has 2 heterocycles. The zero-order chi connectivity index (χ0) is 16.9. The molecule has 0 saturated heterocycles. The van der Waals surface area contributed by atoms with E-state index in [0.29, 0.717) is 22.3 Å². The maximum atomic E-state index is 11.9. The maximum absolute atomic E-state index is 11.9. The molecule has 0 unspecified atom stereocenters. The fourth-order valence-electron chi connectivity index (χ4n) is 2.00. The van der Waals surface area contributed by atoms with Crippen molar-refractivity contribution in [2.75, 3.05) is 5.32 Å². The summed E-state index contributed by atoms with van der Waals surface area (Å²) in [6.07, 6.45) is 6.87. The van der Waals surface area contributed by atoms with Crippen LogP contribution in [0.5, 0.6) is 0 Å². The number of amides is 2. The number of urea groups is 1. The summed E-state index contributed by atoms with van der Waals surface area (Å²) in [7, 11) is 0. The summed E-state index contributed by atoms with van der Waals surface area (Å²) in [4.78, 5) is 20.2. The fourth-order valence-corrected chi connectivity index (χ4v) is 2.30. The van der Waals surface area contributed by atoms with Crippen molar-refractivity contribution in [2.24, 2.45) is 0 Å². The van der Waals surface area contributed by atoms with Gasteiger partial charge in [-0.25, -0.2) is 14.8 Å². The van der Waals surface area contributed by atoms with Crippen LogP contribution in [-0.4, -0.2) is 20.6 Å². The molecule has 0 aliphatic carbocycles. The van der Waals surface area contributed by atoms with E-state index in [0.717, 1.165) is 11.4 Å². The number of hydrogen-bond acceptors (Lipinski definition) is 3. The predicted molar refractivity (Wildman–Crippen MR) is 93.7 cm³/mol. The Kier molecular flexibility index (Phi) is 4.98. The Morgan fingerprint density at radius 3 is 2.71 bits per heavy atom. The largest absolute Gasteiger partial charge is 0.334 e.